The number of hydrogen-bond acceptors (Lipinski definition) is 3. The summed E-state index contributed by atoms with van der Waals surface area (Å²) in [6, 6.07) is 5.37. The lowest BCUT2D eigenvalue weighted by molar-refractivity contribution is -0.384. The lowest BCUT2D eigenvalue weighted by Crippen LogP contribution is -2.20. The first-order chi connectivity index (χ1) is 6.85. The van der Waals surface area contributed by atoms with E-state index in [0.717, 1.165) is 0 Å². The van der Waals surface area contributed by atoms with Crippen LogP contribution in [-0.4, -0.2) is 10.7 Å². The van der Waals surface area contributed by atoms with E-state index in [1.807, 2.05) is 0 Å². The summed E-state index contributed by atoms with van der Waals surface area (Å²) in [4.78, 5) is 21.0. The van der Waals surface area contributed by atoms with Gasteiger partial charge in [0, 0.05) is 17.7 Å². The van der Waals surface area contributed by atoms with E-state index in [9.17, 15) is 14.9 Å². The number of ketones is 1. The third-order valence-electron chi connectivity index (χ3n) is 1.86. The van der Waals surface area contributed by atoms with Crippen molar-refractivity contribution in [3.8, 4) is 0 Å². The normalized spacial score (nSPS) is 11.1. The molecule has 0 aliphatic heterocycles. The van der Waals surface area contributed by atoms with E-state index in [4.69, 9.17) is 23.2 Å². The van der Waals surface area contributed by atoms with Crippen molar-refractivity contribution >= 4 is 34.7 Å². The molecule has 4 nitrogen and oxygen atoms in total. The van der Waals surface area contributed by atoms with Crippen LogP contribution in [0.25, 0.3) is 0 Å². The SMILES string of the molecule is CC(=O)C(Cl)(Cl)c1cccc([N+](=O)[O-])c1. The molecule has 0 saturated carbocycles. The molecule has 1 rings (SSSR count). The van der Waals surface area contributed by atoms with Crippen molar-refractivity contribution in [2.75, 3.05) is 0 Å². The topological polar surface area (TPSA) is 60.2 Å². The van der Waals surface area contributed by atoms with Gasteiger partial charge in [-0.25, -0.2) is 0 Å². The zero-order valence-electron chi connectivity index (χ0n) is 7.74. The molecule has 0 aliphatic carbocycles. The highest BCUT2D eigenvalue weighted by atomic mass is 35.5. The van der Waals surface area contributed by atoms with Crippen LogP contribution in [0.5, 0.6) is 0 Å². The van der Waals surface area contributed by atoms with Crippen LogP contribution in [0.15, 0.2) is 24.3 Å². The lowest BCUT2D eigenvalue weighted by atomic mass is 10.1. The van der Waals surface area contributed by atoms with E-state index in [0.29, 0.717) is 0 Å². The van der Waals surface area contributed by atoms with Gasteiger partial charge in [-0.1, -0.05) is 35.3 Å². The van der Waals surface area contributed by atoms with Crippen LogP contribution in [0.2, 0.25) is 0 Å². The summed E-state index contributed by atoms with van der Waals surface area (Å²) in [5.74, 6) is -0.480. The minimum absolute atomic E-state index is 0.153. The quantitative estimate of drug-likeness (QED) is 0.469. The fourth-order valence-electron chi connectivity index (χ4n) is 1.02. The minimum atomic E-state index is -1.73. The van der Waals surface area contributed by atoms with Crippen LogP contribution in [-0.2, 0) is 9.13 Å². The van der Waals surface area contributed by atoms with Crippen LogP contribution in [0.1, 0.15) is 12.5 Å². The van der Waals surface area contributed by atoms with Crippen molar-refractivity contribution in [1.29, 1.82) is 0 Å². The fraction of sp³-hybridized carbons (Fsp3) is 0.222. The molecular formula is C9H7Cl2NO3. The molecule has 80 valence electrons. The number of carbonyl (C=O) groups excluding carboxylic acids is 1. The van der Waals surface area contributed by atoms with Gasteiger partial charge in [-0.3, -0.25) is 14.9 Å². The lowest BCUT2D eigenvalue weighted by Gasteiger charge is -2.15. The van der Waals surface area contributed by atoms with Crippen molar-refractivity contribution in [3.63, 3.8) is 0 Å². The number of nitrogens with zero attached hydrogens (tertiary/aromatic N) is 1. The molecule has 0 heterocycles. The first-order valence-corrected chi connectivity index (χ1v) is 4.75. The van der Waals surface area contributed by atoms with E-state index in [-0.39, 0.29) is 11.3 Å². The summed E-state index contributed by atoms with van der Waals surface area (Å²) in [6.07, 6.45) is 0. The molecule has 1 aromatic rings. The fourth-order valence-corrected chi connectivity index (χ4v) is 1.25. The van der Waals surface area contributed by atoms with Crippen molar-refractivity contribution in [3.05, 3.63) is 39.9 Å². The predicted octanol–water partition coefficient (Wildman–Crippen LogP) is 2.81. The Morgan fingerprint density at radius 2 is 2.07 bits per heavy atom. The first kappa shape index (κ1) is 11.9. The van der Waals surface area contributed by atoms with Gasteiger partial charge >= 0.3 is 0 Å². The smallest absolute Gasteiger partial charge is 0.269 e. The summed E-state index contributed by atoms with van der Waals surface area (Å²) < 4.78 is -1.73. The maximum absolute atomic E-state index is 11.1. The predicted molar refractivity (Wildman–Crippen MR) is 57.2 cm³/mol. The van der Waals surface area contributed by atoms with E-state index in [1.165, 1.54) is 31.2 Å². The highest BCUT2D eigenvalue weighted by molar-refractivity contribution is 6.57. The first-order valence-electron chi connectivity index (χ1n) is 3.99. The number of Topliss-reactive ketones (excluding diaryl/α,β-unsaturated/α-hetero) is 1. The molecule has 0 N–H and O–H groups in total. The zero-order chi connectivity index (χ0) is 11.6. The number of rotatable bonds is 3. The van der Waals surface area contributed by atoms with E-state index in [2.05, 4.69) is 0 Å². The number of hydrogen-bond donors (Lipinski definition) is 0. The van der Waals surface area contributed by atoms with E-state index >= 15 is 0 Å². The zero-order valence-corrected chi connectivity index (χ0v) is 9.25. The molecule has 15 heavy (non-hydrogen) atoms. The summed E-state index contributed by atoms with van der Waals surface area (Å²) in [6.45, 7) is 1.22. The number of halogens is 2. The van der Waals surface area contributed by atoms with Crippen molar-refractivity contribution in [2.45, 2.75) is 11.3 Å². The summed E-state index contributed by atoms with van der Waals surface area (Å²) >= 11 is 11.5. The highest BCUT2D eigenvalue weighted by Crippen LogP contribution is 2.36. The number of benzene rings is 1. The highest BCUT2D eigenvalue weighted by Gasteiger charge is 2.33. The summed E-state index contributed by atoms with van der Waals surface area (Å²) in [7, 11) is 0. The molecule has 0 amide bonds. The molecule has 0 unspecified atom stereocenters. The number of nitro benzene ring substituents is 1. The van der Waals surface area contributed by atoms with Crippen LogP contribution >= 0.6 is 23.2 Å². The van der Waals surface area contributed by atoms with Crippen molar-refractivity contribution < 1.29 is 9.72 Å². The molecule has 1 aromatic carbocycles. The Bertz CT molecular complexity index is 418. The van der Waals surface area contributed by atoms with Crippen molar-refractivity contribution in [1.82, 2.24) is 0 Å². The van der Waals surface area contributed by atoms with Crippen LogP contribution < -0.4 is 0 Å². The van der Waals surface area contributed by atoms with E-state index in [1.54, 1.807) is 0 Å². The monoisotopic (exact) mass is 247 g/mol. The average molecular weight is 248 g/mol. The Morgan fingerprint density at radius 3 is 2.53 bits per heavy atom. The molecule has 0 bridgehead atoms. The van der Waals surface area contributed by atoms with Gasteiger partial charge in [-0.2, -0.15) is 0 Å². The molecule has 0 fully saturated rings. The second-order valence-electron chi connectivity index (χ2n) is 2.94. The molecular weight excluding hydrogens is 241 g/mol. The number of non-ortho nitro benzene ring substituents is 1. The Balaban J connectivity index is 3.21. The van der Waals surface area contributed by atoms with Crippen LogP contribution in [0.4, 0.5) is 5.69 Å². The second-order valence-corrected chi connectivity index (χ2v) is 4.27. The standard InChI is InChI=1S/C9H7Cl2NO3/c1-6(13)9(10,11)7-3-2-4-8(5-7)12(14)15/h2-5H,1H3. The number of alkyl halides is 2. The van der Waals surface area contributed by atoms with Gasteiger partial charge in [0.2, 0.25) is 4.33 Å². The number of nitro groups is 1. The Morgan fingerprint density at radius 1 is 1.47 bits per heavy atom. The maximum atomic E-state index is 11.1. The maximum Gasteiger partial charge on any atom is 0.269 e. The minimum Gasteiger partial charge on any atom is -0.296 e. The summed E-state index contributed by atoms with van der Waals surface area (Å²) in [5.41, 5.74) is 0.0481. The second kappa shape index (κ2) is 4.16. The van der Waals surface area contributed by atoms with Crippen LogP contribution in [0, 0.1) is 10.1 Å². The van der Waals surface area contributed by atoms with Gasteiger partial charge in [0.15, 0.2) is 5.78 Å². The van der Waals surface area contributed by atoms with E-state index < -0.39 is 15.0 Å². The average Bonchev–Trinajstić information content (AvgIpc) is 2.17. The van der Waals surface area contributed by atoms with Crippen LogP contribution in [0.3, 0.4) is 0 Å². The third kappa shape index (κ3) is 2.46. The molecule has 0 aromatic heterocycles. The van der Waals surface area contributed by atoms with Gasteiger partial charge in [-0.05, 0) is 6.92 Å². The molecule has 0 spiro atoms. The van der Waals surface area contributed by atoms with Gasteiger partial charge in [0.1, 0.15) is 0 Å². The molecule has 0 atom stereocenters. The molecule has 0 aliphatic rings. The summed E-state index contributed by atoms with van der Waals surface area (Å²) in [5, 5.41) is 10.5. The third-order valence-corrected chi connectivity index (χ3v) is 2.83. The Labute approximate surface area is 95.9 Å². The molecule has 0 saturated heterocycles. The van der Waals surface area contributed by atoms with Gasteiger partial charge < -0.3 is 0 Å². The molecule has 6 heteroatoms. The Kier molecular flexibility index (Phi) is 3.31. The largest absolute Gasteiger partial charge is 0.296 e. The van der Waals surface area contributed by atoms with Gasteiger partial charge in [-0.15, -0.1) is 0 Å². The Hall–Kier alpha value is -1.13. The van der Waals surface area contributed by atoms with Gasteiger partial charge in [0.25, 0.3) is 5.69 Å². The van der Waals surface area contributed by atoms with Gasteiger partial charge in [0.05, 0.1) is 4.92 Å². The van der Waals surface area contributed by atoms with Crippen molar-refractivity contribution in [2.24, 2.45) is 0 Å². The molecule has 0 radical (unpaired) electrons. The number of carbonyl (C=O) groups is 1.